The second-order valence-electron chi connectivity index (χ2n) is 9.22. The Kier molecular flexibility index (Phi) is 5.72. The first-order valence-corrected chi connectivity index (χ1v) is 13.7. The second kappa shape index (κ2) is 9.41. The Morgan fingerprint density at radius 1 is 0.949 bits per heavy atom. The molecule has 0 saturated heterocycles. The molecule has 2 aromatic heterocycles. The number of methoxy groups -OCH3 is 1. The van der Waals surface area contributed by atoms with Crippen molar-refractivity contribution >= 4 is 57.5 Å². The van der Waals surface area contributed by atoms with E-state index in [4.69, 9.17) is 31.4 Å². The van der Waals surface area contributed by atoms with Crippen LogP contribution < -0.4 is 15.0 Å². The number of benzene rings is 3. The molecule has 2 aliphatic rings. The number of para-hydroxylation sites is 3. The summed E-state index contributed by atoms with van der Waals surface area (Å²) in [5, 5.41) is 11.1. The summed E-state index contributed by atoms with van der Waals surface area (Å²) >= 11 is 8.18. The van der Waals surface area contributed by atoms with Crippen molar-refractivity contribution < 1.29 is 4.74 Å². The lowest BCUT2D eigenvalue weighted by molar-refractivity contribution is 0.415. The van der Waals surface area contributed by atoms with Gasteiger partial charge in [0.15, 0.2) is 17.5 Å². The van der Waals surface area contributed by atoms with Crippen LogP contribution in [0.3, 0.4) is 0 Å². The molecule has 3 aromatic carbocycles. The molecule has 0 bridgehead atoms. The van der Waals surface area contributed by atoms with Crippen molar-refractivity contribution in [2.75, 3.05) is 17.3 Å². The number of ether oxygens (including phenoxy) is 1. The second-order valence-corrected chi connectivity index (χ2v) is 10.6. The normalized spacial score (nSPS) is 15.6. The molecule has 7 nitrogen and oxygen atoms in total. The fraction of sp³-hybridized carbons (Fsp3) is 0.100. The standard InChI is InChI=1S/C30H23ClN6OS/c1-18-26-27(25-13-8-16-39-25)36-23-12-7-6-11-22(23)33-28(32-19-14-15-24(38-2)21(31)17-19)30(36)34-29(26)37(35-18)20-9-4-3-5-10-20/h3-17,27H,1-2H3,(H,32,33)/t27-/m0/s1. The number of amidine groups is 2. The highest BCUT2D eigenvalue weighted by Gasteiger charge is 2.41. The SMILES string of the molecule is COc1ccc(NC2=Nc3ccccc3N3C2=Nc2c(c(C)nn2-c2ccccc2)[C@@H]3c2cccs2)cc1Cl. The van der Waals surface area contributed by atoms with Gasteiger partial charge >= 0.3 is 0 Å². The van der Waals surface area contributed by atoms with Gasteiger partial charge in [-0.25, -0.2) is 14.7 Å². The number of thiophene rings is 1. The first-order chi connectivity index (χ1) is 19.1. The molecule has 5 aromatic rings. The smallest absolute Gasteiger partial charge is 0.179 e. The van der Waals surface area contributed by atoms with Crippen LogP contribution in [0.5, 0.6) is 5.75 Å². The summed E-state index contributed by atoms with van der Waals surface area (Å²) < 4.78 is 7.27. The van der Waals surface area contributed by atoms with Crippen LogP contribution in [0.4, 0.5) is 22.9 Å². The van der Waals surface area contributed by atoms with E-state index in [1.165, 1.54) is 4.88 Å². The van der Waals surface area contributed by atoms with Gasteiger partial charge in [-0.05, 0) is 60.8 Å². The highest BCUT2D eigenvalue weighted by atomic mass is 35.5. The molecule has 7 rings (SSSR count). The molecule has 0 spiro atoms. The minimum absolute atomic E-state index is 0.127. The quantitative estimate of drug-likeness (QED) is 0.249. The Morgan fingerprint density at radius 2 is 1.77 bits per heavy atom. The fourth-order valence-corrected chi connectivity index (χ4v) is 6.23. The number of aromatic nitrogens is 2. The predicted octanol–water partition coefficient (Wildman–Crippen LogP) is 7.70. The molecule has 0 aliphatic carbocycles. The lowest BCUT2D eigenvalue weighted by Gasteiger charge is -2.40. The number of hydrogen-bond acceptors (Lipinski definition) is 7. The number of rotatable bonds is 4. The molecule has 9 heteroatoms. The van der Waals surface area contributed by atoms with E-state index in [1.54, 1.807) is 18.4 Å². The zero-order chi connectivity index (χ0) is 26.5. The maximum Gasteiger partial charge on any atom is 0.179 e. The first kappa shape index (κ1) is 23.7. The highest BCUT2D eigenvalue weighted by molar-refractivity contribution is 7.10. The van der Waals surface area contributed by atoms with Gasteiger partial charge in [-0.3, -0.25) is 0 Å². The number of hydrogen-bond donors (Lipinski definition) is 1. The lowest BCUT2D eigenvalue weighted by atomic mass is 9.98. The molecule has 0 fully saturated rings. The van der Waals surface area contributed by atoms with E-state index in [1.807, 2.05) is 71.4 Å². The van der Waals surface area contributed by atoms with Gasteiger partial charge in [0.1, 0.15) is 11.8 Å². The molecule has 0 radical (unpaired) electrons. The fourth-order valence-electron chi connectivity index (χ4n) is 5.14. The zero-order valence-corrected chi connectivity index (χ0v) is 22.7. The number of aliphatic imine (C=N–C) groups is 2. The minimum Gasteiger partial charge on any atom is -0.495 e. The van der Waals surface area contributed by atoms with Crippen molar-refractivity contribution in [2.45, 2.75) is 13.0 Å². The van der Waals surface area contributed by atoms with E-state index in [-0.39, 0.29) is 6.04 Å². The topological polar surface area (TPSA) is 67.0 Å². The van der Waals surface area contributed by atoms with E-state index in [0.717, 1.165) is 39.8 Å². The predicted molar refractivity (Wildman–Crippen MR) is 159 cm³/mol. The molecule has 0 unspecified atom stereocenters. The van der Waals surface area contributed by atoms with Crippen LogP contribution in [0.2, 0.25) is 5.02 Å². The largest absolute Gasteiger partial charge is 0.495 e. The average Bonchev–Trinajstić information content (AvgIpc) is 3.61. The van der Waals surface area contributed by atoms with Crippen molar-refractivity contribution in [3.8, 4) is 11.4 Å². The van der Waals surface area contributed by atoms with Crippen LogP contribution in [-0.2, 0) is 0 Å². The van der Waals surface area contributed by atoms with Crippen LogP contribution in [-0.4, -0.2) is 28.6 Å². The Labute approximate surface area is 234 Å². The summed E-state index contributed by atoms with van der Waals surface area (Å²) in [6.07, 6.45) is 0. The molecule has 0 saturated carbocycles. The van der Waals surface area contributed by atoms with Gasteiger partial charge in [0, 0.05) is 16.1 Å². The Balaban J connectivity index is 1.46. The molecule has 4 heterocycles. The number of fused-ring (bicyclic) bond motifs is 4. The van der Waals surface area contributed by atoms with Crippen LogP contribution in [0.15, 0.2) is 100 Å². The van der Waals surface area contributed by atoms with Crippen molar-refractivity contribution in [3.63, 3.8) is 0 Å². The molecular formula is C30H23ClN6OS. The van der Waals surface area contributed by atoms with Gasteiger partial charge in [-0.15, -0.1) is 11.3 Å². The average molecular weight is 551 g/mol. The first-order valence-electron chi connectivity index (χ1n) is 12.5. The third-order valence-electron chi connectivity index (χ3n) is 6.87. The number of nitrogens with one attached hydrogen (secondary N) is 1. The molecule has 39 heavy (non-hydrogen) atoms. The van der Waals surface area contributed by atoms with Crippen molar-refractivity contribution in [3.05, 3.63) is 111 Å². The monoisotopic (exact) mass is 550 g/mol. The van der Waals surface area contributed by atoms with Gasteiger partial charge in [0.2, 0.25) is 0 Å². The van der Waals surface area contributed by atoms with Crippen LogP contribution in [0.25, 0.3) is 5.69 Å². The molecule has 1 atom stereocenters. The Bertz CT molecular complexity index is 1760. The van der Waals surface area contributed by atoms with Gasteiger partial charge in [0.05, 0.1) is 34.9 Å². The van der Waals surface area contributed by atoms with Gasteiger partial charge in [-0.1, -0.05) is 48.0 Å². The van der Waals surface area contributed by atoms with Crippen molar-refractivity contribution in [2.24, 2.45) is 9.98 Å². The zero-order valence-electron chi connectivity index (χ0n) is 21.2. The Morgan fingerprint density at radius 3 is 2.54 bits per heavy atom. The number of aryl methyl sites for hydroxylation is 1. The summed E-state index contributed by atoms with van der Waals surface area (Å²) in [5.41, 5.74) is 5.60. The van der Waals surface area contributed by atoms with Gasteiger partial charge in [0.25, 0.3) is 0 Å². The van der Waals surface area contributed by atoms with E-state index < -0.39 is 0 Å². The van der Waals surface area contributed by atoms with E-state index in [9.17, 15) is 0 Å². The molecular weight excluding hydrogens is 528 g/mol. The summed E-state index contributed by atoms with van der Waals surface area (Å²) in [6.45, 7) is 2.06. The van der Waals surface area contributed by atoms with E-state index in [0.29, 0.717) is 22.4 Å². The lowest BCUT2D eigenvalue weighted by Crippen LogP contribution is -2.46. The maximum absolute atomic E-state index is 6.46. The van der Waals surface area contributed by atoms with Crippen molar-refractivity contribution in [1.82, 2.24) is 9.78 Å². The molecule has 2 aliphatic heterocycles. The number of halogens is 1. The van der Waals surface area contributed by atoms with E-state index in [2.05, 4.69) is 40.7 Å². The summed E-state index contributed by atoms with van der Waals surface area (Å²) in [4.78, 5) is 13.8. The van der Waals surface area contributed by atoms with Gasteiger partial charge in [-0.2, -0.15) is 5.10 Å². The molecule has 1 N–H and O–H groups in total. The summed E-state index contributed by atoms with van der Waals surface area (Å²) in [5.74, 6) is 2.74. The number of nitrogens with zero attached hydrogens (tertiary/aromatic N) is 5. The molecule has 192 valence electrons. The highest BCUT2D eigenvalue weighted by Crippen LogP contribution is 2.49. The number of anilines is 2. The van der Waals surface area contributed by atoms with Gasteiger partial charge < -0.3 is 15.0 Å². The summed E-state index contributed by atoms with van der Waals surface area (Å²) in [7, 11) is 1.60. The third-order valence-corrected chi connectivity index (χ3v) is 8.09. The van der Waals surface area contributed by atoms with Crippen LogP contribution in [0.1, 0.15) is 22.2 Å². The summed E-state index contributed by atoms with van der Waals surface area (Å²) in [6, 6.07) is 28.0. The molecule has 0 amide bonds. The third kappa shape index (κ3) is 3.91. The Hall–Kier alpha value is -4.40. The van der Waals surface area contributed by atoms with Crippen LogP contribution in [0, 0.1) is 6.92 Å². The maximum atomic E-state index is 6.46. The van der Waals surface area contributed by atoms with Crippen LogP contribution >= 0.6 is 22.9 Å². The van der Waals surface area contributed by atoms with Crippen molar-refractivity contribution in [1.29, 1.82) is 0 Å². The van der Waals surface area contributed by atoms with E-state index >= 15 is 0 Å². The minimum atomic E-state index is -0.127.